The highest BCUT2D eigenvalue weighted by Crippen LogP contribution is 2.65. The van der Waals surface area contributed by atoms with Crippen molar-refractivity contribution in [3.05, 3.63) is 11.6 Å². The molecular formula is C24H34O5. The van der Waals surface area contributed by atoms with Gasteiger partial charge in [-0.05, 0) is 49.0 Å². The standard InChI is InChI=1S/C24H34O5/c1-4-20(26)29-18-13-15-14-24(27-11-12-28-24)10-9-22(15,2)17-7-8-23(3)16(21(17)18)5-6-19(23)25/h13,16-18,21H,4-12,14H2,1-3H3/t16-,17-,18-,21-,22-,23-/m0/s1. The molecule has 4 fully saturated rings. The van der Waals surface area contributed by atoms with Crippen LogP contribution in [0.4, 0.5) is 0 Å². The van der Waals surface area contributed by atoms with E-state index in [1.165, 1.54) is 5.57 Å². The zero-order valence-electron chi connectivity index (χ0n) is 18.0. The van der Waals surface area contributed by atoms with Crippen molar-refractivity contribution in [2.75, 3.05) is 13.2 Å². The number of ketones is 1. The van der Waals surface area contributed by atoms with Gasteiger partial charge in [-0.25, -0.2) is 0 Å². The molecule has 0 bridgehead atoms. The zero-order valence-corrected chi connectivity index (χ0v) is 18.0. The van der Waals surface area contributed by atoms with Gasteiger partial charge in [-0.15, -0.1) is 0 Å². The number of hydrogen-bond donors (Lipinski definition) is 0. The number of hydrogen-bond acceptors (Lipinski definition) is 5. The van der Waals surface area contributed by atoms with Gasteiger partial charge in [0.25, 0.3) is 0 Å². The Hall–Kier alpha value is -1.20. The van der Waals surface area contributed by atoms with Crippen LogP contribution in [-0.4, -0.2) is 36.9 Å². The van der Waals surface area contributed by atoms with Crippen LogP contribution in [0.15, 0.2) is 11.6 Å². The van der Waals surface area contributed by atoms with E-state index >= 15 is 0 Å². The van der Waals surface area contributed by atoms with E-state index in [-0.39, 0.29) is 28.8 Å². The molecular weight excluding hydrogens is 368 g/mol. The predicted octanol–water partition coefficient (Wildman–Crippen LogP) is 4.19. The molecule has 0 aromatic carbocycles. The molecule has 5 aliphatic rings. The Balaban J connectivity index is 1.55. The molecule has 5 nitrogen and oxygen atoms in total. The fraction of sp³-hybridized carbons (Fsp3) is 0.833. The summed E-state index contributed by atoms with van der Waals surface area (Å²) in [5, 5.41) is 0. The highest BCUT2D eigenvalue weighted by atomic mass is 16.7. The number of ether oxygens (including phenoxy) is 3. The SMILES string of the molecule is CCC(=O)O[C@H]1C=C2CC3(CC[C@]2(C)[C@H]2CC[C@]4(C)C(=O)CC[C@H]4[C@H]12)OCCO3. The van der Waals surface area contributed by atoms with Crippen molar-refractivity contribution in [2.24, 2.45) is 28.6 Å². The van der Waals surface area contributed by atoms with E-state index in [0.29, 0.717) is 43.7 Å². The molecule has 1 saturated heterocycles. The molecule has 5 rings (SSSR count). The molecule has 0 amide bonds. The predicted molar refractivity (Wildman–Crippen MR) is 107 cm³/mol. The summed E-state index contributed by atoms with van der Waals surface area (Å²) in [6.07, 6.45) is 8.72. The zero-order chi connectivity index (χ0) is 20.4. The van der Waals surface area contributed by atoms with Crippen LogP contribution in [0.1, 0.15) is 72.1 Å². The molecule has 0 radical (unpaired) electrons. The normalized spacial score (nSPS) is 45.3. The van der Waals surface area contributed by atoms with Gasteiger partial charge < -0.3 is 14.2 Å². The smallest absolute Gasteiger partial charge is 0.306 e. The second kappa shape index (κ2) is 6.65. The van der Waals surface area contributed by atoms with Crippen LogP contribution < -0.4 is 0 Å². The Morgan fingerprint density at radius 1 is 1.10 bits per heavy atom. The number of fused-ring (bicyclic) bond motifs is 5. The third-order valence-electron chi connectivity index (χ3n) is 9.19. The number of esters is 1. The third-order valence-corrected chi connectivity index (χ3v) is 9.19. The molecule has 6 atom stereocenters. The lowest BCUT2D eigenvalue weighted by atomic mass is 9.47. The summed E-state index contributed by atoms with van der Waals surface area (Å²) < 4.78 is 18.1. The first-order valence-electron chi connectivity index (χ1n) is 11.5. The molecule has 3 saturated carbocycles. The fourth-order valence-corrected chi connectivity index (χ4v) is 7.43. The largest absolute Gasteiger partial charge is 0.458 e. The van der Waals surface area contributed by atoms with Crippen LogP contribution in [0.25, 0.3) is 0 Å². The van der Waals surface area contributed by atoms with Crippen LogP contribution in [0.2, 0.25) is 0 Å². The van der Waals surface area contributed by atoms with Crippen LogP contribution in [0.3, 0.4) is 0 Å². The lowest BCUT2D eigenvalue weighted by molar-refractivity contribution is -0.190. The van der Waals surface area contributed by atoms with Gasteiger partial charge in [0.2, 0.25) is 0 Å². The number of carbonyl (C=O) groups is 2. The van der Waals surface area contributed by atoms with Gasteiger partial charge in [-0.3, -0.25) is 9.59 Å². The van der Waals surface area contributed by atoms with Gasteiger partial charge in [-0.1, -0.05) is 26.3 Å². The van der Waals surface area contributed by atoms with E-state index in [1.807, 2.05) is 6.92 Å². The van der Waals surface area contributed by atoms with Gasteiger partial charge in [0, 0.05) is 37.0 Å². The summed E-state index contributed by atoms with van der Waals surface area (Å²) >= 11 is 0. The molecule has 1 aliphatic heterocycles. The molecule has 1 spiro atoms. The Kier molecular flexibility index (Phi) is 4.53. The lowest BCUT2D eigenvalue weighted by Crippen LogP contribution is -2.56. The molecule has 0 aromatic heterocycles. The van der Waals surface area contributed by atoms with Gasteiger partial charge in [0.05, 0.1) is 13.2 Å². The van der Waals surface area contributed by atoms with Crippen molar-refractivity contribution in [1.29, 1.82) is 0 Å². The highest BCUT2D eigenvalue weighted by Gasteiger charge is 2.63. The second-order valence-electron chi connectivity index (χ2n) is 10.4. The maximum Gasteiger partial charge on any atom is 0.306 e. The first kappa shape index (κ1) is 19.7. The van der Waals surface area contributed by atoms with Gasteiger partial charge in [0.15, 0.2) is 5.79 Å². The minimum Gasteiger partial charge on any atom is -0.458 e. The van der Waals surface area contributed by atoms with E-state index in [0.717, 1.165) is 38.5 Å². The van der Waals surface area contributed by atoms with Crippen molar-refractivity contribution in [3.8, 4) is 0 Å². The number of Topliss-reactive ketones (excluding diaryl/α,β-unsaturated/α-hetero) is 1. The maximum atomic E-state index is 12.8. The van der Waals surface area contributed by atoms with Gasteiger partial charge in [0.1, 0.15) is 11.9 Å². The monoisotopic (exact) mass is 402 g/mol. The minimum absolute atomic E-state index is 0.0767. The van der Waals surface area contributed by atoms with E-state index in [4.69, 9.17) is 14.2 Å². The Morgan fingerprint density at radius 3 is 2.55 bits per heavy atom. The maximum absolute atomic E-state index is 12.8. The average Bonchev–Trinajstić information content (AvgIpc) is 3.28. The summed E-state index contributed by atoms with van der Waals surface area (Å²) in [4.78, 5) is 25.1. The topological polar surface area (TPSA) is 61.8 Å². The molecule has 29 heavy (non-hydrogen) atoms. The highest BCUT2D eigenvalue weighted by molar-refractivity contribution is 5.87. The van der Waals surface area contributed by atoms with E-state index < -0.39 is 5.79 Å². The summed E-state index contributed by atoms with van der Waals surface area (Å²) in [6, 6.07) is 0. The first-order valence-corrected chi connectivity index (χ1v) is 11.5. The second-order valence-corrected chi connectivity index (χ2v) is 10.4. The Morgan fingerprint density at radius 2 is 1.83 bits per heavy atom. The lowest BCUT2D eigenvalue weighted by Gasteiger charge is -2.59. The van der Waals surface area contributed by atoms with Crippen molar-refractivity contribution >= 4 is 11.8 Å². The summed E-state index contributed by atoms with van der Waals surface area (Å²) in [7, 11) is 0. The molecule has 0 aromatic rings. The van der Waals surface area contributed by atoms with E-state index in [9.17, 15) is 9.59 Å². The molecule has 4 aliphatic carbocycles. The molecule has 0 N–H and O–H groups in total. The van der Waals surface area contributed by atoms with Crippen molar-refractivity contribution in [2.45, 2.75) is 84.0 Å². The summed E-state index contributed by atoms with van der Waals surface area (Å²) in [6.45, 7) is 7.73. The van der Waals surface area contributed by atoms with Crippen molar-refractivity contribution in [1.82, 2.24) is 0 Å². The van der Waals surface area contributed by atoms with Crippen LogP contribution >= 0.6 is 0 Å². The summed E-state index contributed by atoms with van der Waals surface area (Å²) in [5.41, 5.74) is 1.18. The van der Waals surface area contributed by atoms with Gasteiger partial charge >= 0.3 is 5.97 Å². The van der Waals surface area contributed by atoms with Crippen molar-refractivity contribution < 1.29 is 23.8 Å². The van der Waals surface area contributed by atoms with Crippen LogP contribution in [-0.2, 0) is 23.8 Å². The average molecular weight is 403 g/mol. The van der Waals surface area contributed by atoms with E-state index in [1.54, 1.807) is 0 Å². The number of rotatable bonds is 2. The Labute approximate surface area is 173 Å². The van der Waals surface area contributed by atoms with Crippen molar-refractivity contribution in [3.63, 3.8) is 0 Å². The fourth-order valence-electron chi connectivity index (χ4n) is 7.43. The molecule has 1 heterocycles. The van der Waals surface area contributed by atoms with Crippen LogP contribution in [0.5, 0.6) is 0 Å². The Bertz CT molecular complexity index is 750. The summed E-state index contributed by atoms with van der Waals surface area (Å²) in [5.74, 6) is 0.780. The number of carbonyl (C=O) groups excluding carboxylic acids is 2. The van der Waals surface area contributed by atoms with E-state index in [2.05, 4.69) is 19.9 Å². The molecule has 5 heteroatoms. The molecule has 160 valence electrons. The van der Waals surface area contributed by atoms with Gasteiger partial charge in [-0.2, -0.15) is 0 Å². The minimum atomic E-state index is -0.482. The molecule has 0 unspecified atom stereocenters. The quantitative estimate of drug-likeness (QED) is 0.512. The first-order chi connectivity index (χ1) is 13.8. The third kappa shape index (κ3) is 2.79. The van der Waals surface area contributed by atoms with Crippen LogP contribution in [0, 0.1) is 28.6 Å².